The molecule has 0 aliphatic heterocycles. The van der Waals surface area contributed by atoms with Crippen molar-refractivity contribution in [3.63, 3.8) is 0 Å². The molecule has 0 amide bonds. The number of hydrogen-bond donors (Lipinski definition) is 1. The van der Waals surface area contributed by atoms with Gasteiger partial charge in [-0.15, -0.1) is 0 Å². The zero-order chi connectivity index (χ0) is 10.4. The molecule has 1 aromatic heterocycles. The average Bonchev–Trinajstić information content (AvgIpc) is 2.18. The monoisotopic (exact) mass is 211 g/mol. The van der Waals surface area contributed by atoms with E-state index in [-0.39, 0.29) is 0 Å². The van der Waals surface area contributed by atoms with Crippen LogP contribution in [0.3, 0.4) is 0 Å². The molecule has 1 rings (SSSR count). The normalized spacial score (nSPS) is 10.2. The molecule has 0 fully saturated rings. The number of nitrogens with zero attached hydrogens (tertiary/aromatic N) is 2. The third kappa shape index (κ3) is 3.18. The van der Waals surface area contributed by atoms with Crippen LogP contribution in [0, 0.1) is 0 Å². The lowest BCUT2D eigenvalue weighted by atomic mass is 10.2. The van der Waals surface area contributed by atoms with Crippen LogP contribution in [0.2, 0.25) is 0 Å². The Bertz CT molecular complexity index is 264. The van der Waals surface area contributed by atoms with Crippen LogP contribution in [0.1, 0.15) is 24.9 Å². The molecule has 0 bridgehead atoms. The second-order valence-electron chi connectivity index (χ2n) is 3.09. The first-order valence-electron chi connectivity index (χ1n) is 4.83. The third-order valence-corrected chi connectivity index (χ3v) is 2.41. The number of thioether (sulfide) groups is 1. The molecule has 0 radical (unpaired) electrons. The standard InChI is InChI=1S/C10H17N3S/c1-4-5-8-6-9(11-2)13-10(12-8)7-14-3/h6H,4-5,7H2,1-3H3,(H,11,12,13). The molecule has 14 heavy (non-hydrogen) atoms. The number of anilines is 1. The van der Waals surface area contributed by atoms with Gasteiger partial charge in [-0.05, 0) is 12.7 Å². The van der Waals surface area contributed by atoms with Crippen molar-refractivity contribution in [2.45, 2.75) is 25.5 Å². The first-order valence-corrected chi connectivity index (χ1v) is 6.23. The maximum atomic E-state index is 4.49. The van der Waals surface area contributed by atoms with Gasteiger partial charge in [0, 0.05) is 18.8 Å². The Balaban J connectivity index is 2.88. The molecule has 0 aliphatic carbocycles. The second kappa shape index (κ2) is 5.86. The summed E-state index contributed by atoms with van der Waals surface area (Å²) in [7, 11) is 1.89. The molecular weight excluding hydrogens is 194 g/mol. The van der Waals surface area contributed by atoms with Crippen molar-refractivity contribution >= 4 is 17.6 Å². The molecule has 1 heterocycles. The van der Waals surface area contributed by atoms with Gasteiger partial charge in [0.15, 0.2) is 0 Å². The third-order valence-electron chi connectivity index (χ3n) is 1.86. The number of aryl methyl sites for hydroxylation is 1. The van der Waals surface area contributed by atoms with Gasteiger partial charge in [-0.2, -0.15) is 11.8 Å². The Morgan fingerprint density at radius 1 is 1.43 bits per heavy atom. The van der Waals surface area contributed by atoms with E-state index >= 15 is 0 Å². The number of rotatable bonds is 5. The van der Waals surface area contributed by atoms with E-state index in [1.807, 2.05) is 13.1 Å². The smallest absolute Gasteiger partial charge is 0.140 e. The minimum absolute atomic E-state index is 0.881. The van der Waals surface area contributed by atoms with Crippen LogP contribution in [0.5, 0.6) is 0 Å². The summed E-state index contributed by atoms with van der Waals surface area (Å²) < 4.78 is 0. The average molecular weight is 211 g/mol. The summed E-state index contributed by atoms with van der Waals surface area (Å²) in [5.41, 5.74) is 1.14. The maximum absolute atomic E-state index is 4.49. The van der Waals surface area contributed by atoms with Gasteiger partial charge in [-0.1, -0.05) is 13.3 Å². The molecule has 0 saturated carbocycles. The quantitative estimate of drug-likeness (QED) is 0.811. The van der Waals surface area contributed by atoms with Gasteiger partial charge in [0.1, 0.15) is 11.6 Å². The summed E-state index contributed by atoms with van der Waals surface area (Å²) >= 11 is 1.75. The highest BCUT2D eigenvalue weighted by atomic mass is 32.2. The highest BCUT2D eigenvalue weighted by Gasteiger charge is 2.02. The fourth-order valence-corrected chi connectivity index (χ4v) is 1.65. The van der Waals surface area contributed by atoms with Crippen LogP contribution in [0.4, 0.5) is 5.82 Å². The van der Waals surface area contributed by atoms with Crippen molar-refractivity contribution in [2.24, 2.45) is 0 Å². The van der Waals surface area contributed by atoms with Gasteiger partial charge >= 0.3 is 0 Å². The van der Waals surface area contributed by atoms with Crippen LogP contribution in [-0.4, -0.2) is 23.3 Å². The molecule has 0 unspecified atom stereocenters. The molecule has 0 spiro atoms. The minimum Gasteiger partial charge on any atom is -0.373 e. The minimum atomic E-state index is 0.881. The summed E-state index contributed by atoms with van der Waals surface area (Å²) in [6, 6.07) is 2.02. The predicted octanol–water partition coefficient (Wildman–Crippen LogP) is 2.33. The van der Waals surface area contributed by atoms with Crippen molar-refractivity contribution in [3.05, 3.63) is 17.6 Å². The van der Waals surface area contributed by atoms with Crippen molar-refractivity contribution in [1.82, 2.24) is 9.97 Å². The fourth-order valence-electron chi connectivity index (χ4n) is 1.26. The van der Waals surface area contributed by atoms with Crippen molar-refractivity contribution in [2.75, 3.05) is 18.6 Å². The van der Waals surface area contributed by atoms with Crippen LogP contribution in [0.25, 0.3) is 0 Å². The maximum Gasteiger partial charge on any atom is 0.140 e. The Labute approximate surface area is 89.7 Å². The van der Waals surface area contributed by atoms with E-state index in [0.717, 1.165) is 35.9 Å². The van der Waals surface area contributed by atoms with Gasteiger partial charge < -0.3 is 5.32 Å². The van der Waals surface area contributed by atoms with Crippen LogP contribution < -0.4 is 5.32 Å². The van der Waals surface area contributed by atoms with Gasteiger partial charge in [-0.3, -0.25) is 0 Å². The van der Waals surface area contributed by atoms with Crippen molar-refractivity contribution in [3.8, 4) is 0 Å². The lowest BCUT2D eigenvalue weighted by Crippen LogP contribution is -2.02. The molecule has 0 saturated heterocycles. The molecule has 4 heteroatoms. The highest BCUT2D eigenvalue weighted by molar-refractivity contribution is 7.97. The lowest BCUT2D eigenvalue weighted by molar-refractivity contribution is 0.855. The van der Waals surface area contributed by atoms with Gasteiger partial charge in [0.25, 0.3) is 0 Å². The zero-order valence-corrected chi connectivity index (χ0v) is 9.82. The summed E-state index contributed by atoms with van der Waals surface area (Å²) in [4.78, 5) is 8.87. The Kier molecular flexibility index (Phi) is 4.73. The summed E-state index contributed by atoms with van der Waals surface area (Å²) in [5.74, 6) is 2.73. The van der Waals surface area contributed by atoms with Crippen LogP contribution in [0.15, 0.2) is 6.07 Å². The first-order chi connectivity index (χ1) is 6.80. The molecular formula is C10H17N3S. The van der Waals surface area contributed by atoms with Gasteiger partial charge in [-0.25, -0.2) is 9.97 Å². The SMILES string of the molecule is CCCc1cc(NC)nc(CSC)n1. The second-order valence-corrected chi connectivity index (χ2v) is 3.96. The lowest BCUT2D eigenvalue weighted by Gasteiger charge is -2.05. The van der Waals surface area contributed by atoms with E-state index in [9.17, 15) is 0 Å². The van der Waals surface area contributed by atoms with E-state index in [0.29, 0.717) is 0 Å². The van der Waals surface area contributed by atoms with Gasteiger partial charge in [0.05, 0.1) is 5.75 Å². The topological polar surface area (TPSA) is 37.8 Å². The number of aromatic nitrogens is 2. The van der Waals surface area contributed by atoms with Crippen molar-refractivity contribution < 1.29 is 0 Å². The van der Waals surface area contributed by atoms with Crippen LogP contribution >= 0.6 is 11.8 Å². The predicted molar refractivity (Wildman–Crippen MR) is 62.8 cm³/mol. The summed E-state index contributed by atoms with van der Waals surface area (Å²) in [6.45, 7) is 2.16. The van der Waals surface area contributed by atoms with Crippen molar-refractivity contribution in [1.29, 1.82) is 0 Å². The number of nitrogens with one attached hydrogen (secondary N) is 1. The zero-order valence-electron chi connectivity index (χ0n) is 9.00. The largest absolute Gasteiger partial charge is 0.373 e. The van der Waals surface area contributed by atoms with Gasteiger partial charge in [0.2, 0.25) is 0 Å². The molecule has 78 valence electrons. The first kappa shape index (κ1) is 11.3. The van der Waals surface area contributed by atoms with E-state index in [4.69, 9.17) is 0 Å². The van der Waals surface area contributed by atoms with E-state index in [1.54, 1.807) is 11.8 Å². The molecule has 0 aromatic carbocycles. The van der Waals surface area contributed by atoms with E-state index in [1.165, 1.54) is 0 Å². The molecule has 3 nitrogen and oxygen atoms in total. The summed E-state index contributed by atoms with van der Waals surface area (Å²) in [6.07, 6.45) is 4.21. The van der Waals surface area contributed by atoms with E-state index < -0.39 is 0 Å². The molecule has 1 aromatic rings. The Morgan fingerprint density at radius 3 is 2.79 bits per heavy atom. The molecule has 0 atom stereocenters. The molecule has 0 aliphatic rings. The molecule has 1 N–H and O–H groups in total. The Hall–Kier alpha value is -0.770. The highest BCUT2D eigenvalue weighted by Crippen LogP contribution is 2.11. The van der Waals surface area contributed by atoms with Crippen LogP contribution in [-0.2, 0) is 12.2 Å². The number of hydrogen-bond acceptors (Lipinski definition) is 4. The summed E-state index contributed by atoms with van der Waals surface area (Å²) in [5, 5.41) is 3.06. The fraction of sp³-hybridized carbons (Fsp3) is 0.600. The van der Waals surface area contributed by atoms with E-state index in [2.05, 4.69) is 28.5 Å². The Morgan fingerprint density at radius 2 is 2.21 bits per heavy atom.